The monoisotopic (exact) mass is 312 g/mol. The molecule has 0 bridgehead atoms. The fourth-order valence-electron chi connectivity index (χ4n) is 2.18. The van der Waals surface area contributed by atoms with Gasteiger partial charge in [0.25, 0.3) is 0 Å². The Bertz CT molecular complexity index is 477. The summed E-state index contributed by atoms with van der Waals surface area (Å²) >= 11 is 1.60. The van der Waals surface area contributed by atoms with Gasteiger partial charge in [0.05, 0.1) is 22.7 Å². The molecule has 4 nitrogen and oxygen atoms in total. The van der Waals surface area contributed by atoms with Crippen molar-refractivity contribution in [3.63, 3.8) is 0 Å². The van der Waals surface area contributed by atoms with Crippen LogP contribution in [0.3, 0.4) is 0 Å². The average molecular weight is 312 g/mol. The number of rotatable bonds is 6. The van der Waals surface area contributed by atoms with Crippen molar-refractivity contribution in [2.45, 2.75) is 53.4 Å². The molecule has 0 fully saturated rings. The van der Waals surface area contributed by atoms with E-state index in [2.05, 4.69) is 26.2 Å². The Morgan fingerprint density at radius 2 is 2.05 bits per heavy atom. The summed E-state index contributed by atoms with van der Waals surface area (Å²) in [7, 11) is 0. The van der Waals surface area contributed by atoms with E-state index < -0.39 is 5.41 Å². The number of aromatic nitrogens is 1. The molecular formula is C16H28N2O2S. The van der Waals surface area contributed by atoms with Crippen molar-refractivity contribution in [2.75, 3.05) is 13.2 Å². The molecule has 21 heavy (non-hydrogen) atoms. The Labute approximate surface area is 132 Å². The Balaban J connectivity index is 3.07. The maximum Gasteiger partial charge on any atom is 0.314 e. The molecule has 0 aliphatic heterocycles. The van der Waals surface area contributed by atoms with Crippen LogP contribution >= 0.6 is 11.3 Å². The van der Waals surface area contributed by atoms with Gasteiger partial charge in [-0.3, -0.25) is 4.79 Å². The fourth-order valence-corrected chi connectivity index (χ4v) is 3.33. The Morgan fingerprint density at radius 3 is 2.43 bits per heavy atom. The smallest absolute Gasteiger partial charge is 0.314 e. The van der Waals surface area contributed by atoms with E-state index in [0.717, 1.165) is 10.7 Å². The van der Waals surface area contributed by atoms with Crippen molar-refractivity contribution in [3.05, 3.63) is 16.1 Å². The number of hydrogen-bond acceptors (Lipinski definition) is 5. The zero-order valence-electron chi connectivity index (χ0n) is 14.0. The molecule has 0 amide bonds. The molecule has 2 N–H and O–H groups in total. The molecule has 0 aliphatic rings. The number of thiazole rings is 1. The molecular weight excluding hydrogens is 284 g/mol. The van der Waals surface area contributed by atoms with Gasteiger partial charge < -0.3 is 10.5 Å². The number of ether oxygens (including phenoxy) is 1. The van der Waals surface area contributed by atoms with Gasteiger partial charge in [-0.15, -0.1) is 11.3 Å². The number of nitrogens with zero attached hydrogens (tertiary/aromatic N) is 1. The summed E-state index contributed by atoms with van der Waals surface area (Å²) in [5.74, 6) is -0.112. The van der Waals surface area contributed by atoms with Gasteiger partial charge in [0, 0.05) is 23.8 Å². The zero-order chi connectivity index (χ0) is 16.3. The second-order valence-electron chi connectivity index (χ2n) is 6.79. The zero-order valence-corrected chi connectivity index (χ0v) is 14.8. The number of esters is 1. The van der Waals surface area contributed by atoms with E-state index in [9.17, 15) is 4.79 Å². The molecule has 0 aliphatic carbocycles. The van der Waals surface area contributed by atoms with Crippen molar-refractivity contribution < 1.29 is 9.53 Å². The van der Waals surface area contributed by atoms with Gasteiger partial charge >= 0.3 is 5.97 Å². The summed E-state index contributed by atoms with van der Waals surface area (Å²) < 4.78 is 5.26. The summed E-state index contributed by atoms with van der Waals surface area (Å²) in [6, 6.07) is 0. The fraction of sp³-hybridized carbons (Fsp3) is 0.750. The van der Waals surface area contributed by atoms with Gasteiger partial charge in [0.15, 0.2) is 0 Å². The van der Waals surface area contributed by atoms with Crippen LogP contribution in [0.1, 0.15) is 52.2 Å². The number of nitrogens with two attached hydrogens (primary N) is 1. The van der Waals surface area contributed by atoms with Crippen LogP contribution in [0.5, 0.6) is 0 Å². The standard InChI is InChI=1S/C16H28N2O2S/c1-7-20-14(19)16(10-17,11(2)3)8-13-18-12(9-21-13)15(4,5)6/h9,11H,7-8,10,17H2,1-6H3. The molecule has 5 heteroatoms. The van der Waals surface area contributed by atoms with Crippen LogP contribution in [-0.4, -0.2) is 24.1 Å². The van der Waals surface area contributed by atoms with Gasteiger partial charge in [-0.1, -0.05) is 34.6 Å². The summed E-state index contributed by atoms with van der Waals surface area (Å²) in [5.41, 5.74) is 6.34. The highest BCUT2D eigenvalue weighted by molar-refractivity contribution is 7.09. The minimum Gasteiger partial charge on any atom is -0.466 e. The van der Waals surface area contributed by atoms with Crippen molar-refractivity contribution in [3.8, 4) is 0 Å². The first-order valence-corrected chi connectivity index (χ1v) is 8.37. The van der Waals surface area contributed by atoms with Crippen LogP contribution in [0, 0.1) is 11.3 Å². The summed E-state index contributed by atoms with van der Waals surface area (Å²) in [4.78, 5) is 17.1. The van der Waals surface area contributed by atoms with Gasteiger partial charge in [0.1, 0.15) is 0 Å². The largest absolute Gasteiger partial charge is 0.466 e. The van der Waals surface area contributed by atoms with Crippen molar-refractivity contribution in [1.82, 2.24) is 4.98 Å². The molecule has 1 heterocycles. The number of carbonyl (C=O) groups is 1. The second-order valence-corrected chi connectivity index (χ2v) is 7.73. The third-order valence-electron chi connectivity index (χ3n) is 3.94. The lowest BCUT2D eigenvalue weighted by Gasteiger charge is -2.33. The topological polar surface area (TPSA) is 65.2 Å². The van der Waals surface area contributed by atoms with Crippen molar-refractivity contribution in [2.24, 2.45) is 17.1 Å². The van der Waals surface area contributed by atoms with E-state index >= 15 is 0 Å². The molecule has 120 valence electrons. The molecule has 1 rings (SSSR count). The highest BCUT2D eigenvalue weighted by Crippen LogP contribution is 2.34. The molecule has 1 unspecified atom stereocenters. The molecule has 1 atom stereocenters. The highest BCUT2D eigenvalue weighted by Gasteiger charge is 2.42. The predicted octanol–water partition coefficient (Wildman–Crippen LogP) is 3.15. The van der Waals surface area contributed by atoms with Crippen molar-refractivity contribution in [1.29, 1.82) is 0 Å². The van der Waals surface area contributed by atoms with E-state index in [1.54, 1.807) is 11.3 Å². The SMILES string of the molecule is CCOC(=O)C(CN)(Cc1nc(C(C)(C)C)cs1)C(C)C. The molecule has 1 aromatic rings. The van der Waals surface area contributed by atoms with Crippen LogP contribution in [0.2, 0.25) is 0 Å². The minimum atomic E-state index is -0.691. The van der Waals surface area contributed by atoms with E-state index in [4.69, 9.17) is 15.5 Å². The van der Waals surface area contributed by atoms with Crippen molar-refractivity contribution >= 4 is 17.3 Å². The van der Waals surface area contributed by atoms with E-state index in [1.165, 1.54) is 0 Å². The third-order valence-corrected chi connectivity index (χ3v) is 4.79. The number of carbonyl (C=O) groups excluding carboxylic acids is 1. The van der Waals surface area contributed by atoms with Crippen LogP contribution in [0.15, 0.2) is 5.38 Å². The van der Waals surface area contributed by atoms with Crippen LogP contribution in [0.4, 0.5) is 0 Å². The third kappa shape index (κ3) is 4.04. The van der Waals surface area contributed by atoms with E-state index in [-0.39, 0.29) is 23.8 Å². The Morgan fingerprint density at radius 1 is 1.43 bits per heavy atom. The van der Waals surface area contributed by atoms with Crippen LogP contribution in [0.25, 0.3) is 0 Å². The van der Waals surface area contributed by atoms with Gasteiger partial charge in [-0.05, 0) is 12.8 Å². The summed E-state index contributed by atoms with van der Waals surface area (Å²) in [6.45, 7) is 12.9. The molecule has 0 saturated heterocycles. The first kappa shape index (κ1) is 18.1. The number of hydrogen-bond donors (Lipinski definition) is 1. The lowest BCUT2D eigenvalue weighted by Crippen LogP contribution is -2.46. The normalized spacial score (nSPS) is 15.0. The molecule has 0 aromatic carbocycles. The predicted molar refractivity (Wildman–Crippen MR) is 87.5 cm³/mol. The summed E-state index contributed by atoms with van der Waals surface area (Å²) in [6.07, 6.45) is 0.542. The van der Waals surface area contributed by atoms with Gasteiger partial charge in [-0.25, -0.2) is 4.98 Å². The molecule has 0 spiro atoms. The summed E-state index contributed by atoms with van der Waals surface area (Å²) in [5, 5.41) is 3.02. The first-order chi connectivity index (χ1) is 9.67. The maximum atomic E-state index is 12.4. The lowest BCUT2D eigenvalue weighted by molar-refractivity contribution is -0.157. The lowest BCUT2D eigenvalue weighted by atomic mass is 9.74. The minimum absolute atomic E-state index is 0.0158. The maximum absolute atomic E-state index is 12.4. The first-order valence-electron chi connectivity index (χ1n) is 7.49. The quantitative estimate of drug-likeness (QED) is 0.820. The van der Waals surface area contributed by atoms with Gasteiger partial charge in [-0.2, -0.15) is 0 Å². The van der Waals surface area contributed by atoms with Crippen LogP contribution in [-0.2, 0) is 21.4 Å². The van der Waals surface area contributed by atoms with Gasteiger partial charge in [0.2, 0.25) is 0 Å². The molecule has 0 radical (unpaired) electrons. The Hall–Kier alpha value is -0.940. The molecule has 1 aromatic heterocycles. The van der Waals surface area contributed by atoms with E-state index in [1.807, 2.05) is 20.8 Å². The molecule has 0 saturated carbocycles. The average Bonchev–Trinajstić information content (AvgIpc) is 2.84. The second kappa shape index (κ2) is 6.88. The van der Waals surface area contributed by atoms with Crippen LogP contribution < -0.4 is 5.73 Å². The highest BCUT2D eigenvalue weighted by atomic mass is 32.1. The van der Waals surface area contributed by atoms with E-state index in [0.29, 0.717) is 13.0 Å². The Kier molecular flexibility index (Phi) is 5.93.